The Morgan fingerprint density at radius 2 is 1.50 bits per heavy atom. The van der Waals surface area contributed by atoms with E-state index in [-0.39, 0.29) is 15.0 Å². The monoisotopic (exact) mass is 136 g/mol. The molecule has 0 N–H and O–H groups in total. The van der Waals surface area contributed by atoms with Crippen LogP contribution in [0.25, 0.3) is 0 Å². The second kappa shape index (κ2) is 6.58. The fraction of sp³-hybridized carbons (Fsp3) is 1.00. The van der Waals surface area contributed by atoms with Crippen molar-refractivity contribution in [1.82, 2.24) is 4.90 Å². The number of rotatable bonds is 0. The zero-order valence-corrected chi connectivity index (χ0v) is 7.71. The van der Waals surface area contributed by atoms with Gasteiger partial charge >= 0.3 is 10.4 Å². The lowest BCUT2D eigenvalue weighted by Gasteiger charge is -1.90. The van der Waals surface area contributed by atoms with Crippen molar-refractivity contribution in [3.63, 3.8) is 0 Å². The average Bonchev–Trinajstić information content (AvgIpc) is 1.25. The first kappa shape index (κ1) is 10.5. The van der Waals surface area contributed by atoms with Crippen LogP contribution in [0.3, 0.4) is 0 Å². The molecule has 0 rings (SSSR count). The normalized spacial score (nSPS) is 8.00. The first-order chi connectivity index (χ1) is 3.46. The molecule has 0 aromatic rings. The molecule has 0 aliphatic rings. The van der Waals surface area contributed by atoms with Gasteiger partial charge < -0.3 is 4.90 Å². The van der Waals surface area contributed by atoms with Crippen molar-refractivity contribution in [2.24, 2.45) is 0 Å². The molecule has 0 atom stereocenters. The molecule has 0 saturated heterocycles. The Kier molecular flexibility index (Phi) is 8.66. The van der Waals surface area contributed by atoms with Gasteiger partial charge in [0.25, 0.3) is 0 Å². The van der Waals surface area contributed by atoms with Crippen molar-refractivity contribution in [2.45, 2.75) is 0 Å². The molecule has 5 heteroatoms. The van der Waals surface area contributed by atoms with Crippen LogP contribution in [0.4, 0.5) is 0 Å². The Morgan fingerprint density at radius 3 is 1.50 bits per heavy atom. The number of hydrogen-bond donors (Lipinski definition) is 0. The summed E-state index contributed by atoms with van der Waals surface area (Å²) in [6.45, 7) is 0. The minimum Gasteiger partial charge on any atom is -0.312 e. The fourth-order valence-electron chi connectivity index (χ4n) is 0. The molecule has 4 nitrogen and oxygen atoms in total. The van der Waals surface area contributed by atoms with Gasteiger partial charge in [0.05, 0.1) is 0 Å². The van der Waals surface area contributed by atoms with Crippen molar-refractivity contribution < 1.29 is 4.59 Å². The van der Waals surface area contributed by atoms with Crippen molar-refractivity contribution in [2.75, 3.05) is 21.1 Å². The van der Waals surface area contributed by atoms with Gasteiger partial charge in [-0.2, -0.15) is 0 Å². The molecule has 0 aliphatic heterocycles. The Balaban J connectivity index is 0. The lowest BCUT2D eigenvalue weighted by molar-refractivity contribution is -0.312. The van der Waals surface area contributed by atoms with Gasteiger partial charge in [-0.15, -0.1) is 0 Å². The lowest BCUT2D eigenvalue weighted by Crippen LogP contribution is -1.99. The highest BCUT2D eigenvalue weighted by Gasteiger charge is 1.58. The van der Waals surface area contributed by atoms with E-state index in [0.717, 1.165) is 0 Å². The van der Waals surface area contributed by atoms with E-state index in [0.29, 0.717) is 0 Å². The van der Waals surface area contributed by atoms with E-state index < -0.39 is 0 Å². The van der Waals surface area contributed by atoms with Crippen molar-refractivity contribution >= 4 is 10.4 Å². The van der Waals surface area contributed by atoms with Crippen LogP contribution in [0.15, 0.2) is 0 Å². The van der Waals surface area contributed by atoms with E-state index in [9.17, 15) is 0 Å². The molecule has 8 heavy (non-hydrogen) atoms. The molecule has 0 fully saturated rings. The Bertz CT molecular complexity index is 59.5. The summed E-state index contributed by atoms with van der Waals surface area (Å²) in [7, 11) is 6.07. The summed E-state index contributed by atoms with van der Waals surface area (Å²) in [5.41, 5.74) is 0. The largest absolute Gasteiger partial charge is 0.384 e. The van der Waals surface area contributed by atoms with Crippen LogP contribution < -0.4 is 0 Å². The first-order valence-corrected chi connectivity index (χ1v) is 3.05. The van der Waals surface area contributed by atoms with Crippen LogP contribution in [-0.2, 0) is 0 Å². The van der Waals surface area contributed by atoms with Crippen LogP contribution in [0.5, 0.6) is 0 Å². The highest BCUT2D eigenvalue weighted by molar-refractivity contribution is 5.95. The molecule has 0 saturated carbocycles. The molecule has 0 bridgehead atoms. The van der Waals surface area contributed by atoms with E-state index in [4.69, 9.17) is 10.1 Å². The maximum atomic E-state index is 8.87. The zero-order valence-electron chi connectivity index (χ0n) is 5.71. The summed E-state index contributed by atoms with van der Waals surface area (Å²) in [6, 6.07) is 0. The van der Waals surface area contributed by atoms with Crippen LogP contribution in [0.1, 0.15) is 0 Å². The highest BCUT2D eigenvalue weighted by atomic mass is 28.2. The minimum atomic E-state index is -0.361. The lowest BCUT2D eigenvalue weighted by atomic mass is 11.0. The van der Waals surface area contributed by atoms with Crippen molar-refractivity contribution in [3.05, 3.63) is 10.1 Å². The maximum Gasteiger partial charge on any atom is 0.384 e. The third kappa shape index (κ3) is 653. The van der Waals surface area contributed by atoms with Gasteiger partial charge in [-0.05, 0) is 21.1 Å². The van der Waals surface area contributed by atoms with E-state index in [2.05, 4.69) is 0 Å². The van der Waals surface area contributed by atoms with Crippen molar-refractivity contribution in [3.8, 4) is 0 Å². The van der Waals surface area contributed by atoms with Crippen molar-refractivity contribution in [1.29, 1.82) is 0 Å². The third-order valence-electron chi connectivity index (χ3n) is 0. The van der Waals surface area contributed by atoms with Gasteiger partial charge in [-0.3, -0.25) is 10.1 Å². The molecule has 0 heterocycles. The smallest absolute Gasteiger partial charge is 0.312 e. The van der Waals surface area contributed by atoms with Gasteiger partial charge in [0.2, 0.25) is 0 Å². The van der Waals surface area contributed by atoms with Gasteiger partial charge in [0, 0.05) is 0 Å². The summed E-state index contributed by atoms with van der Waals surface area (Å²) >= 11 is 0. The van der Waals surface area contributed by atoms with Gasteiger partial charge in [-0.1, -0.05) is 4.59 Å². The Labute approximate surface area is 52.1 Å². The van der Waals surface area contributed by atoms with E-state index in [1.165, 1.54) is 0 Å². The second-order valence-corrected chi connectivity index (χ2v) is 2.51. The molecular formula is C3H12N2O2Si. The topological polar surface area (TPSA) is 46.4 Å². The zero-order chi connectivity index (χ0) is 7.15. The summed E-state index contributed by atoms with van der Waals surface area (Å²) < 4.78 is -0.361. The van der Waals surface area contributed by atoms with E-state index in [1.807, 2.05) is 26.0 Å². The highest BCUT2D eigenvalue weighted by Crippen LogP contribution is 1.47. The SMILES string of the molecule is CN(C)C.O=[N+]([O-])[SiH3]. The predicted molar refractivity (Wildman–Crippen MR) is 36.5 cm³/mol. The van der Waals surface area contributed by atoms with Crippen LogP contribution in [0.2, 0.25) is 0 Å². The minimum absolute atomic E-state index is 0.0710. The van der Waals surface area contributed by atoms with E-state index in [1.54, 1.807) is 0 Å². The third-order valence-corrected chi connectivity index (χ3v) is 0. The molecule has 0 aromatic heterocycles. The molecule has 0 aromatic carbocycles. The molecule has 0 unspecified atom stereocenters. The summed E-state index contributed by atoms with van der Waals surface area (Å²) in [5, 5.41) is 8.87. The van der Waals surface area contributed by atoms with Crippen LogP contribution in [-0.4, -0.2) is 41.0 Å². The summed E-state index contributed by atoms with van der Waals surface area (Å²) in [6.07, 6.45) is 0. The number of hydrogen-bond acceptors (Lipinski definition) is 3. The molecular weight excluding hydrogens is 124 g/mol. The second-order valence-electron chi connectivity index (χ2n) is 1.78. The predicted octanol–water partition coefficient (Wildman–Crippen LogP) is -1.28. The van der Waals surface area contributed by atoms with Gasteiger partial charge in [-0.25, -0.2) is 0 Å². The molecule has 50 valence electrons. The van der Waals surface area contributed by atoms with Crippen LogP contribution in [0, 0.1) is 10.1 Å². The van der Waals surface area contributed by atoms with Crippen LogP contribution >= 0.6 is 0 Å². The molecule has 0 amide bonds. The Morgan fingerprint density at radius 1 is 1.50 bits per heavy atom. The number of nitrogens with zero attached hydrogens (tertiary/aromatic N) is 2. The standard InChI is InChI=1S/C3H9N.H3NO2Si/c1-4(2)3;2-1(3)4/h1-3H3;4H3. The summed E-state index contributed by atoms with van der Waals surface area (Å²) in [5.74, 6) is 0. The molecule has 0 aliphatic carbocycles. The quantitative estimate of drug-likeness (QED) is 0.237. The maximum absolute atomic E-state index is 8.87. The molecule has 0 radical (unpaired) electrons. The van der Waals surface area contributed by atoms with Gasteiger partial charge in [0.15, 0.2) is 0 Å². The molecule has 0 spiro atoms. The Hall–Kier alpha value is -0.423. The fourth-order valence-corrected chi connectivity index (χ4v) is 0. The average molecular weight is 136 g/mol. The van der Waals surface area contributed by atoms with E-state index >= 15 is 0 Å². The van der Waals surface area contributed by atoms with Gasteiger partial charge in [0.1, 0.15) is 0 Å². The summed E-state index contributed by atoms with van der Waals surface area (Å²) in [4.78, 5) is 10.9. The number of nitro groups is 1. The first-order valence-electron chi connectivity index (χ1n) is 2.15.